The summed E-state index contributed by atoms with van der Waals surface area (Å²) in [5, 5.41) is 3.75. The molecule has 28 heavy (non-hydrogen) atoms. The van der Waals surface area contributed by atoms with E-state index in [0.717, 1.165) is 4.68 Å². The minimum atomic E-state index is -4.66. The largest absolute Gasteiger partial charge is 0.436 e. The van der Waals surface area contributed by atoms with Crippen LogP contribution in [0.5, 0.6) is 0 Å². The van der Waals surface area contributed by atoms with E-state index in [1.54, 1.807) is 6.07 Å². The van der Waals surface area contributed by atoms with E-state index in [1.807, 2.05) is 4.90 Å². The van der Waals surface area contributed by atoms with Gasteiger partial charge in [-0.05, 0) is 28.1 Å². The van der Waals surface area contributed by atoms with Crippen LogP contribution in [0, 0.1) is 5.82 Å². The fourth-order valence-electron chi connectivity index (χ4n) is 3.08. The average molecular weight is 484 g/mol. The molecule has 2 aromatic rings. The number of carbonyl (C=O) groups excluding carboxylic acids is 1. The number of hydrogen-bond acceptors (Lipinski definition) is 3. The van der Waals surface area contributed by atoms with Gasteiger partial charge >= 0.3 is 6.18 Å². The zero-order valence-corrected chi connectivity index (χ0v) is 17.1. The average Bonchev–Trinajstić information content (AvgIpc) is 2.93. The Kier molecular flexibility index (Phi) is 6.02. The molecule has 152 valence electrons. The van der Waals surface area contributed by atoms with Crippen molar-refractivity contribution < 1.29 is 22.4 Å². The molecule has 3 rings (SSSR count). The number of aromatic nitrogens is 2. The third-order valence-electron chi connectivity index (χ3n) is 4.56. The summed E-state index contributed by atoms with van der Waals surface area (Å²) >= 11 is 8.90. The standard InChI is InChI=1S/C17H16BrClF4N4O/c1-25-14(13(18)15(24-25)17(21,22)23)16(28)27-7-5-26(6-8-27)9-10-11(19)3-2-4-12(10)20/h2-4H,5-9H2,1H3. The first-order valence-electron chi connectivity index (χ1n) is 8.33. The monoisotopic (exact) mass is 482 g/mol. The number of amides is 1. The molecule has 1 fully saturated rings. The number of halogens is 6. The van der Waals surface area contributed by atoms with Crippen LogP contribution in [0.25, 0.3) is 0 Å². The van der Waals surface area contributed by atoms with Crippen LogP contribution in [-0.4, -0.2) is 51.7 Å². The molecule has 0 N–H and O–H groups in total. The van der Waals surface area contributed by atoms with Crippen molar-refractivity contribution in [2.75, 3.05) is 26.2 Å². The van der Waals surface area contributed by atoms with Crippen molar-refractivity contribution in [2.24, 2.45) is 7.05 Å². The Hall–Kier alpha value is -1.65. The fourth-order valence-corrected chi connectivity index (χ4v) is 4.03. The summed E-state index contributed by atoms with van der Waals surface area (Å²) in [5.41, 5.74) is -0.905. The molecule has 0 bridgehead atoms. The van der Waals surface area contributed by atoms with Crippen LogP contribution in [-0.2, 0) is 19.8 Å². The molecular formula is C17H16BrClF4N4O. The van der Waals surface area contributed by atoms with Gasteiger partial charge in [-0.25, -0.2) is 4.39 Å². The maximum Gasteiger partial charge on any atom is 0.436 e. The topological polar surface area (TPSA) is 41.4 Å². The highest BCUT2D eigenvalue weighted by atomic mass is 79.9. The summed E-state index contributed by atoms with van der Waals surface area (Å²) in [7, 11) is 1.30. The van der Waals surface area contributed by atoms with E-state index in [9.17, 15) is 22.4 Å². The van der Waals surface area contributed by atoms with Crippen molar-refractivity contribution in [2.45, 2.75) is 12.7 Å². The number of alkyl halides is 3. The maximum atomic E-state index is 13.9. The van der Waals surface area contributed by atoms with Crippen molar-refractivity contribution in [3.63, 3.8) is 0 Å². The second-order valence-corrected chi connectivity index (χ2v) is 7.60. The smallest absolute Gasteiger partial charge is 0.335 e. The molecule has 1 aliphatic rings. The number of rotatable bonds is 3. The Balaban J connectivity index is 1.69. The molecule has 1 saturated heterocycles. The second-order valence-electron chi connectivity index (χ2n) is 6.40. The Morgan fingerprint density at radius 2 is 1.89 bits per heavy atom. The van der Waals surface area contributed by atoms with Crippen molar-refractivity contribution in [1.82, 2.24) is 19.6 Å². The zero-order valence-electron chi connectivity index (χ0n) is 14.7. The first-order valence-corrected chi connectivity index (χ1v) is 9.51. The lowest BCUT2D eigenvalue weighted by Gasteiger charge is -2.35. The lowest BCUT2D eigenvalue weighted by atomic mass is 10.1. The molecule has 0 unspecified atom stereocenters. The predicted octanol–water partition coefficient (Wildman–Crippen LogP) is 3.95. The number of benzene rings is 1. The van der Waals surface area contributed by atoms with Gasteiger partial charge in [-0.2, -0.15) is 18.3 Å². The van der Waals surface area contributed by atoms with Crippen LogP contribution >= 0.6 is 27.5 Å². The number of piperazine rings is 1. The van der Waals surface area contributed by atoms with Gasteiger partial charge in [0.05, 0.1) is 4.47 Å². The highest BCUT2D eigenvalue weighted by molar-refractivity contribution is 9.10. The number of aryl methyl sites for hydroxylation is 1. The van der Waals surface area contributed by atoms with E-state index < -0.39 is 23.6 Å². The molecule has 1 aromatic carbocycles. The molecule has 0 spiro atoms. The minimum Gasteiger partial charge on any atom is -0.335 e. The van der Waals surface area contributed by atoms with E-state index in [-0.39, 0.29) is 10.2 Å². The lowest BCUT2D eigenvalue weighted by molar-refractivity contribution is -0.142. The molecule has 2 heterocycles. The van der Waals surface area contributed by atoms with E-state index in [0.29, 0.717) is 43.3 Å². The Morgan fingerprint density at radius 3 is 2.43 bits per heavy atom. The van der Waals surface area contributed by atoms with Crippen molar-refractivity contribution in [1.29, 1.82) is 0 Å². The molecule has 5 nitrogen and oxygen atoms in total. The van der Waals surface area contributed by atoms with E-state index >= 15 is 0 Å². The van der Waals surface area contributed by atoms with Gasteiger partial charge < -0.3 is 4.90 Å². The first kappa shape index (κ1) is 21.1. The van der Waals surface area contributed by atoms with Gasteiger partial charge in [0.2, 0.25) is 0 Å². The second kappa shape index (κ2) is 8.00. The van der Waals surface area contributed by atoms with Gasteiger partial charge in [-0.1, -0.05) is 17.7 Å². The summed E-state index contributed by atoms with van der Waals surface area (Å²) < 4.78 is 53.5. The third kappa shape index (κ3) is 4.18. The van der Waals surface area contributed by atoms with E-state index in [2.05, 4.69) is 21.0 Å². The molecule has 1 aliphatic heterocycles. The number of carbonyl (C=O) groups is 1. The van der Waals surface area contributed by atoms with Crippen LogP contribution < -0.4 is 0 Å². The number of hydrogen-bond donors (Lipinski definition) is 0. The molecule has 1 amide bonds. The quantitative estimate of drug-likeness (QED) is 0.621. The van der Waals surface area contributed by atoms with E-state index in [4.69, 9.17) is 11.6 Å². The lowest BCUT2D eigenvalue weighted by Crippen LogP contribution is -2.48. The Labute approximate surface area is 172 Å². The maximum absolute atomic E-state index is 13.9. The molecule has 1 aromatic heterocycles. The van der Waals surface area contributed by atoms with Crippen molar-refractivity contribution >= 4 is 33.4 Å². The zero-order chi connectivity index (χ0) is 20.6. The summed E-state index contributed by atoms with van der Waals surface area (Å²) in [5.74, 6) is -0.939. The highest BCUT2D eigenvalue weighted by Gasteiger charge is 2.40. The van der Waals surface area contributed by atoms with Crippen molar-refractivity contribution in [3.8, 4) is 0 Å². The van der Waals surface area contributed by atoms with Crippen LogP contribution in [0.2, 0.25) is 5.02 Å². The third-order valence-corrected chi connectivity index (χ3v) is 5.67. The van der Waals surface area contributed by atoms with Gasteiger partial charge in [-0.3, -0.25) is 14.4 Å². The molecule has 11 heteroatoms. The van der Waals surface area contributed by atoms with Gasteiger partial charge in [0.15, 0.2) is 5.69 Å². The first-order chi connectivity index (χ1) is 13.1. The number of nitrogens with zero attached hydrogens (tertiary/aromatic N) is 4. The molecular weight excluding hydrogens is 468 g/mol. The summed E-state index contributed by atoms with van der Waals surface area (Å²) in [6.45, 7) is 1.77. The summed E-state index contributed by atoms with van der Waals surface area (Å²) in [4.78, 5) is 16.1. The molecule has 0 saturated carbocycles. The van der Waals surface area contributed by atoms with Crippen LogP contribution in [0.15, 0.2) is 22.7 Å². The Bertz CT molecular complexity index is 874. The van der Waals surface area contributed by atoms with Gasteiger partial charge in [0.1, 0.15) is 11.5 Å². The molecule has 0 aliphatic carbocycles. The van der Waals surface area contributed by atoms with Gasteiger partial charge in [0, 0.05) is 50.4 Å². The molecule has 0 radical (unpaired) electrons. The van der Waals surface area contributed by atoms with Gasteiger partial charge in [0.25, 0.3) is 5.91 Å². The molecule has 0 atom stereocenters. The predicted molar refractivity (Wildman–Crippen MR) is 98.5 cm³/mol. The van der Waals surface area contributed by atoms with Crippen molar-refractivity contribution in [3.05, 3.63) is 50.5 Å². The van der Waals surface area contributed by atoms with Crippen LogP contribution in [0.4, 0.5) is 17.6 Å². The normalized spacial score (nSPS) is 15.9. The van der Waals surface area contributed by atoms with Crippen LogP contribution in [0.1, 0.15) is 21.7 Å². The van der Waals surface area contributed by atoms with E-state index in [1.165, 1.54) is 24.1 Å². The Morgan fingerprint density at radius 1 is 1.25 bits per heavy atom. The summed E-state index contributed by atoms with van der Waals surface area (Å²) in [6.07, 6.45) is -4.66. The van der Waals surface area contributed by atoms with Crippen LogP contribution in [0.3, 0.4) is 0 Å². The SMILES string of the molecule is Cn1nc(C(F)(F)F)c(Br)c1C(=O)N1CCN(Cc2c(F)cccc2Cl)CC1. The minimum absolute atomic E-state index is 0.155. The fraction of sp³-hybridized carbons (Fsp3) is 0.412. The highest BCUT2D eigenvalue weighted by Crippen LogP contribution is 2.36. The van der Waals surface area contributed by atoms with Gasteiger partial charge in [-0.15, -0.1) is 0 Å². The summed E-state index contributed by atoms with van der Waals surface area (Å²) in [6, 6.07) is 4.47.